The van der Waals surface area contributed by atoms with Gasteiger partial charge in [-0.1, -0.05) is 11.6 Å². The molecule has 18 heavy (non-hydrogen) atoms. The minimum atomic E-state index is -0.0672. The molecule has 1 aromatic carbocycles. The first-order valence-electron chi connectivity index (χ1n) is 5.89. The first-order valence-corrected chi connectivity index (χ1v) is 6.27. The Morgan fingerprint density at radius 2 is 2.44 bits per heavy atom. The molecule has 4 nitrogen and oxygen atoms in total. The molecule has 0 aliphatic carbocycles. The van der Waals surface area contributed by atoms with Crippen LogP contribution in [0.3, 0.4) is 0 Å². The summed E-state index contributed by atoms with van der Waals surface area (Å²) < 4.78 is 0. The fourth-order valence-corrected chi connectivity index (χ4v) is 2.24. The van der Waals surface area contributed by atoms with E-state index in [0.717, 1.165) is 19.5 Å². The zero-order valence-electron chi connectivity index (χ0n) is 9.87. The van der Waals surface area contributed by atoms with Crippen LogP contribution in [0.4, 0.5) is 5.69 Å². The van der Waals surface area contributed by atoms with Gasteiger partial charge >= 0.3 is 0 Å². The van der Waals surface area contributed by atoms with Crippen LogP contribution in [-0.4, -0.2) is 19.0 Å². The number of nitrogens with one attached hydrogen (secondary N) is 2. The normalized spacial score (nSPS) is 18.3. The van der Waals surface area contributed by atoms with Gasteiger partial charge in [0.1, 0.15) is 6.07 Å². The summed E-state index contributed by atoms with van der Waals surface area (Å²) in [7, 11) is 0. The molecule has 2 N–H and O–H groups in total. The van der Waals surface area contributed by atoms with Gasteiger partial charge in [-0.05, 0) is 43.6 Å². The highest BCUT2D eigenvalue weighted by Gasteiger charge is 2.18. The molecule has 2 rings (SSSR count). The number of rotatable bonds is 3. The third-order valence-electron chi connectivity index (χ3n) is 3.01. The smallest absolute Gasteiger partial charge is 0.224 e. The van der Waals surface area contributed by atoms with Crippen molar-refractivity contribution in [1.29, 1.82) is 5.26 Å². The maximum absolute atomic E-state index is 11.9. The standard InChI is InChI=1S/C13H14ClN3O/c14-11-2-1-10(7-15)12(6-11)17-13(18)5-9-3-4-16-8-9/h1-2,6,9,16H,3-5,8H2,(H,17,18). The Morgan fingerprint density at radius 1 is 1.61 bits per heavy atom. The molecule has 0 radical (unpaired) electrons. The van der Waals surface area contributed by atoms with Gasteiger partial charge in [-0.25, -0.2) is 0 Å². The van der Waals surface area contributed by atoms with Crippen molar-refractivity contribution in [1.82, 2.24) is 5.32 Å². The van der Waals surface area contributed by atoms with Crippen LogP contribution in [0.2, 0.25) is 5.02 Å². The molecule has 94 valence electrons. The Kier molecular flexibility index (Phi) is 4.19. The Hall–Kier alpha value is -1.57. The van der Waals surface area contributed by atoms with Gasteiger partial charge in [0.15, 0.2) is 0 Å². The number of hydrogen-bond acceptors (Lipinski definition) is 3. The van der Waals surface area contributed by atoms with Crippen molar-refractivity contribution >= 4 is 23.2 Å². The van der Waals surface area contributed by atoms with Gasteiger partial charge in [0.2, 0.25) is 5.91 Å². The first kappa shape index (κ1) is 12.9. The van der Waals surface area contributed by atoms with Crippen molar-refractivity contribution in [3.8, 4) is 6.07 Å². The molecule has 1 fully saturated rings. The number of nitriles is 1. The maximum Gasteiger partial charge on any atom is 0.224 e. The van der Waals surface area contributed by atoms with E-state index >= 15 is 0 Å². The lowest BCUT2D eigenvalue weighted by molar-refractivity contribution is -0.116. The van der Waals surface area contributed by atoms with Crippen LogP contribution in [-0.2, 0) is 4.79 Å². The molecule has 1 aliphatic heterocycles. The van der Waals surface area contributed by atoms with Gasteiger partial charge in [-0.3, -0.25) is 4.79 Å². The van der Waals surface area contributed by atoms with Crippen LogP contribution >= 0.6 is 11.6 Å². The predicted octanol–water partition coefficient (Wildman–Crippen LogP) is 2.15. The second-order valence-electron chi connectivity index (χ2n) is 4.41. The molecule has 1 aromatic rings. The average Bonchev–Trinajstić information content (AvgIpc) is 2.82. The summed E-state index contributed by atoms with van der Waals surface area (Å²) in [6.45, 7) is 1.85. The number of hydrogen-bond donors (Lipinski definition) is 2. The number of anilines is 1. The third-order valence-corrected chi connectivity index (χ3v) is 3.25. The molecule has 0 aromatic heterocycles. The first-order chi connectivity index (χ1) is 8.69. The number of nitrogens with zero attached hydrogens (tertiary/aromatic N) is 1. The van der Waals surface area contributed by atoms with E-state index in [0.29, 0.717) is 28.6 Å². The molecule has 1 amide bonds. The van der Waals surface area contributed by atoms with Crippen LogP contribution in [0.25, 0.3) is 0 Å². The zero-order chi connectivity index (χ0) is 13.0. The summed E-state index contributed by atoms with van der Waals surface area (Å²) in [5.41, 5.74) is 0.915. The highest BCUT2D eigenvalue weighted by Crippen LogP contribution is 2.21. The molecule has 1 aliphatic rings. The lowest BCUT2D eigenvalue weighted by atomic mass is 10.0. The van der Waals surface area contributed by atoms with Crippen molar-refractivity contribution in [2.24, 2.45) is 5.92 Å². The largest absolute Gasteiger partial charge is 0.325 e. The Balaban J connectivity index is 2.02. The van der Waals surface area contributed by atoms with E-state index in [1.807, 2.05) is 6.07 Å². The molecule has 0 bridgehead atoms. The van der Waals surface area contributed by atoms with Crippen molar-refractivity contribution in [2.75, 3.05) is 18.4 Å². The summed E-state index contributed by atoms with van der Waals surface area (Å²) in [6.07, 6.45) is 1.50. The summed E-state index contributed by atoms with van der Waals surface area (Å²) in [6, 6.07) is 6.88. The predicted molar refractivity (Wildman–Crippen MR) is 70.4 cm³/mol. The summed E-state index contributed by atoms with van der Waals surface area (Å²) in [5.74, 6) is 0.317. The Morgan fingerprint density at radius 3 is 3.11 bits per heavy atom. The van der Waals surface area contributed by atoms with E-state index in [1.54, 1.807) is 18.2 Å². The third kappa shape index (κ3) is 3.22. The Bertz CT molecular complexity index is 489. The van der Waals surface area contributed by atoms with Crippen molar-refractivity contribution < 1.29 is 4.79 Å². The van der Waals surface area contributed by atoms with Gasteiger partial charge in [0.25, 0.3) is 0 Å². The second-order valence-corrected chi connectivity index (χ2v) is 4.85. The monoisotopic (exact) mass is 263 g/mol. The second kappa shape index (κ2) is 5.85. The van der Waals surface area contributed by atoms with Gasteiger partial charge in [0, 0.05) is 11.4 Å². The van der Waals surface area contributed by atoms with Crippen LogP contribution in [0.5, 0.6) is 0 Å². The van der Waals surface area contributed by atoms with Crippen molar-refractivity contribution in [3.05, 3.63) is 28.8 Å². The van der Waals surface area contributed by atoms with Crippen LogP contribution in [0, 0.1) is 17.2 Å². The zero-order valence-corrected chi connectivity index (χ0v) is 10.6. The maximum atomic E-state index is 11.9. The molecule has 1 unspecified atom stereocenters. The minimum absolute atomic E-state index is 0.0672. The molecule has 1 saturated heterocycles. The van der Waals surface area contributed by atoms with Gasteiger partial charge in [-0.15, -0.1) is 0 Å². The van der Waals surface area contributed by atoms with E-state index < -0.39 is 0 Å². The van der Waals surface area contributed by atoms with Gasteiger partial charge < -0.3 is 10.6 Å². The summed E-state index contributed by atoms with van der Waals surface area (Å²) >= 11 is 5.86. The fourth-order valence-electron chi connectivity index (χ4n) is 2.07. The van der Waals surface area contributed by atoms with Crippen LogP contribution in [0.15, 0.2) is 18.2 Å². The van der Waals surface area contributed by atoms with E-state index in [-0.39, 0.29) is 5.91 Å². The SMILES string of the molecule is N#Cc1ccc(Cl)cc1NC(=O)CC1CCNC1. The van der Waals surface area contributed by atoms with E-state index in [4.69, 9.17) is 16.9 Å². The molecular weight excluding hydrogens is 250 g/mol. The minimum Gasteiger partial charge on any atom is -0.325 e. The molecule has 0 saturated carbocycles. The van der Waals surface area contributed by atoms with E-state index in [1.165, 1.54) is 0 Å². The molecule has 1 heterocycles. The summed E-state index contributed by atoms with van der Waals surface area (Å²) in [5, 5.41) is 15.4. The number of amides is 1. The topological polar surface area (TPSA) is 64.9 Å². The van der Waals surface area contributed by atoms with Crippen LogP contribution in [0.1, 0.15) is 18.4 Å². The fraction of sp³-hybridized carbons (Fsp3) is 0.385. The molecule has 1 atom stereocenters. The Labute approximate surface area is 111 Å². The van der Waals surface area contributed by atoms with Gasteiger partial charge in [-0.2, -0.15) is 5.26 Å². The van der Waals surface area contributed by atoms with Crippen LogP contribution < -0.4 is 10.6 Å². The quantitative estimate of drug-likeness (QED) is 0.878. The number of carbonyl (C=O) groups excluding carboxylic acids is 1. The summed E-state index contributed by atoms with van der Waals surface area (Å²) in [4.78, 5) is 11.9. The highest BCUT2D eigenvalue weighted by atomic mass is 35.5. The van der Waals surface area contributed by atoms with Crippen molar-refractivity contribution in [3.63, 3.8) is 0 Å². The molecule has 0 spiro atoms. The van der Waals surface area contributed by atoms with Crippen molar-refractivity contribution in [2.45, 2.75) is 12.8 Å². The lowest BCUT2D eigenvalue weighted by Gasteiger charge is -2.10. The number of carbonyl (C=O) groups is 1. The number of benzene rings is 1. The molecule has 5 heteroatoms. The van der Waals surface area contributed by atoms with E-state index in [9.17, 15) is 4.79 Å². The average molecular weight is 264 g/mol. The van der Waals surface area contributed by atoms with E-state index in [2.05, 4.69) is 10.6 Å². The number of halogens is 1. The lowest BCUT2D eigenvalue weighted by Crippen LogP contribution is -2.18. The highest BCUT2D eigenvalue weighted by molar-refractivity contribution is 6.31. The molecular formula is C13H14ClN3O. The van der Waals surface area contributed by atoms with Gasteiger partial charge in [0.05, 0.1) is 11.3 Å².